The van der Waals surface area contributed by atoms with Crippen molar-refractivity contribution in [2.24, 2.45) is 0 Å². The highest BCUT2D eigenvalue weighted by atomic mass is 16.6. The molecule has 2 rings (SSSR count). The molecule has 92 valence electrons. The number of carbonyl (C=O) groups is 1. The van der Waals surface area contributed by atoms with E-state index in [2.05, 4.69) is 0 Å². The number of aromatic nitrogens is 1. The van der Waals surface area contributed by atoms with Gasteiger partial charge in [-0.25, -0.2) is 0 Å². The Balaban J connectivity index is 2.10. The molecular weight excluding hydrogens is 228 g/mol. The van der Waals surface area contributed by atoms with Crippen LogP contribution in [0.1, 0.15) is 0 Å². The molecule has 0 radical (unpaired) electrons. The van der Waals surface area contributed by atoms with Crippen LogP contribution in [-0.4, -0.2) is 20.2 Å². The lowest BCUT2D eigenvalue weighted by Crippen LogP contribution is -2.44. The van der Waals surface area contributed by atoms with Gasteiger partial charge in [0.05, 0.1) is 0 Å². The van der Waals surface area contributed by atoms with Crippen molar-refractivity contribution >= 4 is 11.8 Å². The van der Waals surface area contributed by atoms with E-state index in [9.17, 15) is 4.79 Å². The van der Waals surface area contributed by atoms with Gasteiger partial charge in [-0.3, -0.25) is 0 Å². The average molecular weight is 243 g/mol. The van der Waals surface area contributed by atoms with E-state index in [0.717, 1.165) is 5.69 Å². The summed E-state index contributed by atoms with van der Waals surface area (Å²) in [5.74, 6) is 0.534. The van der Waals surface area contributed by atoms with E-state index in [0.29, 0.717) is 5.75 Å². The molecule has 0 saturated heterocycles. The normalized spacial score (nSPS) is 9.89. The van der Waals surface area contributed by atoms with Crippen molar-refractivity contribution < 1.29 is 14.1 Å². The molecule has 0 saturated carbocycles. The first-order valence-corrected chi connectivity index (χ1v) is 5.63. The van der Waals surface area contributed by atoms with Crippen molar-refractivity contribution in [3.63, 3.8) is 0 Å². The van der Waals surface area contributed by atoms with E-state index in [-0.39, 0.29) is 0 Å². The highest BCUT2D eigenvalue weighted by molar-refractivity contribution is 5.61. The average Bonchev–Trinajstić information content (AvgIpc) is 2.40. The molecule has 18 heavy (non-hydrogen) atoms. The molecule has 0 aliphatic rings. The predicted octanol–water partition coefficient (Wildman–Crippen LogP) is 2.09. The molecular formula is C14H15N2O2+. The first-order valence-electron chi connectivity index (χ1n) is 5.63. The largest absolute Gasteiger partial charge is 0.607 e. The summed E-state index contributed by atoms with van der Waals surface area (Å²) in [6.45, 7) is 0. The van der Waals surface area contributed by atoms with Crippen molar-refractivity contribution in [3.05, 3.63) is 54.9 Å². The molecule has 1 aromatic heterocycles. The summed E-state index contributed by atoms with van der Waals surface area (Å²) in [5.41, 5.74) is 1.03. The minimum Gasteiger partial charge on any atom is -0.377 e. The van der Waals surface area contributed by atoms with Gasteiger partial charge in [0.15, 0.2) is 12.4 Å². The minimum absolute atomic E-state index is 0.425. The monoisotopic (exact) mass is 243 g/mol. The zero-order valence-corrected chi connectivity index (χ0v) is 10.4. The van der Waals surface area contributed by atoms with Crippen molar-refractivity contribution in [2.45, 2.75) is 0 Å². The highest BCUT2D eigenvalue weighted by Gasteiger charge is 2.16. The lowest BCUT2D eigenvalue weighted by molar-refractivity contribution is -0.581. The number of benzene rings is 1. The molecule has 2 aromatic rings. The van der Waals surface area contributed by atoms with Gasteiger partial charge in [-0.15, -0.1) is 0 Å². The lowest BCUT2D eigenvalue weighted by Gasteiger charge is -2.09. The first kappa shape index (κ1) is 12.1. The molecule has 1 heterocycles. The van der Waals surface area contributed by atoms with Crippen LogP contribution in [0.4, 0.5) is 10.5 Å². The van der Waals surface area contributed by atoms with Gasteiger partial charge < -0.3 is 9.64 Å². The van der Waals surface area contributed by atoms with Crippen LogP contribution in [0.3, 0.4) is 0 Å². The number of ether oxygens (including phenoxy) is 1. The van der Waals surface area contributed by atoms with Crippen LogP contribution in [0.5, 0.6) is 5.75 Å². The maximum atomic E-state index is 11.8. The highest BCUT2D eigenvalue weighted by Crippen LogP contribution is 2.09. The maximum absolute atomic E-state index is 11.8. The molecule has 0 amide bonds. The zero-order chi connectivity index (χ0) is 13.0. The second kappa shape index (κ2) is 5.31. The van der Waals surface area contributed by atoms with Gasteiger partial charge in [0.1, 0.15) is 5.75 Å². The van der Waals surface area contributed by atoms with E-state index in [1.165, 1.54) is 4.57 Å². The lowest BCUT2D eigenvalue weighted by atomic mass is 10.3. The van der Waals surface area contributed by atoms with Gasteiger partial charge in [0, 0.05) is 31.9 Å². The Morgan fingerprint density at radius 1 is 1.06 bits per heavy atom. The van der Waals surface area contributed by atoms with Crippen LogP contribution >= 0.6 is 0 Å². The number of hydrogen-bond acceptors (Lipinski definition) is 3. The van der Waals surface area contributed by atoms with Gasteiger partial charge >= 0.3 is 6.09 Å². The van der Waals surface area contributed by atoms with Crippen molar-refractivity contribution in [1.82, 2.24) is 0 Å². The van der Waals surface area contributed by atoms with Gasteiger partial charge in [-0.05, 0) is 12.1 Å². The number of rotatable bonds is 2. The number of hydrogen-bond donors (Lipinski definition) is 0. The standard InChI is InChI=1S/C14H15N2O2/c1-15(2)12-8-10-16(11-9-12)14(17)18-13-6-4-3-5-7-13/h3-11H,1-2H3/q+1. The quantitative estimate of drug-likeness (QED) is 0.757. The van der Waals surface area contributed by atoms with Crippen LogP contribution in [0.25, 0.3) is 0 Å². The number of anilines is 1. The fraction of sp³-hybridized carbons (Fsp3) is 0.143. The smallest absolute Gasteiger partial charge is 0.377 e. The van der Waals surface area contributed by atoms with E-state index < -0.39 is 6.09 Å². The van der Waals surface area contributed by atoms with Gasteiger partial charge in [0.2, 0.25) is 0 Å². The Labute approximate surface area is 106 Å². The predicted molar refractivity (Wildman–Crippen MR) is 68.8 cm³/mol. The molecule has 0 N–H and O–H groups in total. The molecule has 0 aliphatic carbocycles. The third-order valence-corrected chi connectivity index (χ3v) is 2.49. The molecule has 0 atom stereocenters. The van der Waals surface area contributed by atoms with Gasteiger partial charge in [0.25, 0.3) is 0 Å². The minimum atomic E-state index is -0.425. The summed E-state index contributed by atoms with van der Waals surface area (Å²) >= 11 is 0. The number of nitrogens with zero attached hydrogens (tertiary/aromatic N) is 2. The maximum Gasteiger partial charge on any atom is 0.607 e. The summed E-state index contributed by atoms with van der Waals surface area (Å²) in [6, 6.07) is 12.7. The van der Waals surface area contributed by atoms with E-state index >= 15 is 0 Å². The van der Waals surface area contributed by atoms with E-state index in [1.54, 1.807) is 24.5 Å². The van der Waals surface area contributed by atoms with Crippen molar-refractivity contribution in [2.75, 3.05) is 19.0 Å². The van der Waals surface area contributed by atoms with E-state index in [1.807, 2.05) is 49.3 Å². The van der Waals surface area contributed by atoms with Gasteiger partial charge in [-0.1, -0.05) is 22.8 Å². The van der Waals surface area contributed by atoms with Crippen molar-refractivity contribution in [3.8, 4) is 5.75 Å². The Morgan fingerprint density at radius 3 is 2.22 bits per heavy atom. The molecule has 0 aliphatic heterocycles. The number of pyridine rings is 1. The fourth-order valence-corrected chi connectivity index (χ4v) is 1.48. The van der Waals surface area contributed by atoms with Crippen LogP contribution in [0, 0.1) is 0 Å². The Kier molecular flexibility index (Phi) is 3.57. The zero-order valence-electron chi connectivity index (χ0n) is 10.4. The number of carbonyl (C=O) groups excluding carboxylic acids is 1. The molecule has 4 heteroatoms. The van der Waals surface area contributed by atoms with Crippen LogP contribution in [0.2, 0.25) is 0 Å². The van der Waals surface area contributed by atoms with Crippen LogP contribution in [-0.2, 0) is 0 Å². The first-order chi connectivity index (χ1) is 8.66. The number of para-hydroxylation sites is 1. The second-order valence-electron chi connectivity index (χ2n) is 4.04. The third kappa shape index (κ3) is 2.85. The van der Waals surface area contributed by atoms with E-state index in [4.69, 9.17) is 4.74 Å². The molecule has 0 unspecified atom stereocenters. The molecule has 0 fully saturated rings. The molecule has 0 spiro atoms. The summed E-state index contributed by atoms with van der Waals surface area (Å²) in [5, 5.41) is 0. The summed E-state index contributed by atoms with van der Waals surface area (Å²) < 4.78 is 6.61. The Hall–Kier alpha value is -2.36. The SMILES string of the molecule is CN(C)c1cc[n+](C(=O)Oc2ccccc2)cc1. The van der Waals surface area contributed by atoms with Crippen molar-refractivity contribution in [1.29, 1.82) is 0 Å². The van der Waals surface area contributed by atoms with Crippen LogP contribution in [0.15, 0.2) is 54.9 Å². The third-order valence-electron chi connectivity index (χ3n) is 2.49. The fourth-order valence-electron chi connectivity index (χ4n) is 1.48. The Bertz CT molecular complexity index is 521. The summed E-state index contributed by atoms with van der Waals surface area (Å²) in [6.07, 6.45) is 2.94. The topological polar surface area (TPSA) is 33.4 Å². The van der Waals surface area contributed by atoms with Crippen LogP contribution < -0.4 is 14.2 Å². The van der Waals surface area contributed by atoms with Gasteiger partial charge in [-0.2, -0.15) is 4.79 Å². The second-order valence-corrected chi connectivity index (χ2v) is 4.04. The summed E-state index contributed by atoms with van der Waals surface area (Å²) in [4.78, 5) is 13.8. The summed E-state index contributed by atoms with van der Waals surface area (Å²) in [7, 11) is 3.89. The molecule has 4 nitrogen and oxygen atoms in total. The molecule has 1 aromatic carbocycles. The Morgan fingerprint density at radius 2 is 1.67 bits per heavy atom. The molecule has 0 bridgehead atoms.